The lowest BCUT2D eigenvalue weighted by Crippen LogP contribution is -2.40. The Labute approximate surface area is 112 Å². The molecule has 1 aromatic rings. The standard InChI is InChI=1S/C12H12F4N2O2/c13-10-7-8(1-4-17-10)18-5-2-9(3-6-18)20-11(19)12(14,15)16/h1,4,7,9H,2-3,5-6H2. The molecular formula is C12H12F4N2O2. The lowest BCUT2D eigenvalue weighted by atomic mass is 10.1. The Hall–Kier alpha value is -1.86. The summed E-state index contributed by atoms with van der Waals surface area (Å²) in [5.41, 5.74) is 0.609. The maximum Gasteiger partial charge on any atom is 0.490 e. The van der Waals surface area contributed by atoms with E-state index in [9.17, 15) is 22.4 Å². The van der Waals surface area contributed by atoms with E-state index in [4.69, 9.17) is 0 Å². The fourth-order valence-corrected chi connectivity index (χ4v) is 2.04. The SMILES string of the molecule is O=C(OC1CCN(c2ccnc(F)c2)CC1)C(F)(F)F. The molecule has 0 saturated carbocycles. The molecule has 0 spiro atoms. The predicted octanol–water partition coefficient (Wildman–Crippen LogP) is 2.29. The number of ether oxygens (including phenoxy) is 1. The quantitative estimate of drug-likeness (QED) is 0.476. The largest absolute Gasteiger partial charge is 0.490 e. The van der Waals surface area contributed by atoms with Gasteiger partial charge in [0, 0.05) is 43.9 Å². The van der Waals surface area contributed by atoms with Crippen LogP contribution in [0.5, 0.6) is 0 Å². The summed E-state index contributed by atoms with van der Waals surface area (Å²) in [5, 5.41) is 0. The smallest absolute Gasteiger partial charge is 0.456 e. The van der Waals surface area contributed by atoms with Crippen LogP contribution in [0, 0.1) is 5.95 Å². The normalized spacial score (nSPS) is 17.1. The second kappa shape index (κ2) is 5.64. The number of anilines is 1. The summed E-state index contributed by atoms with van der Waals surface area (Å²) in [6, 6.07) is 2.87. The second-order valence-electron chi connectivity index (χ2n) is 4.43. The van der Waals surface area contributed by atoms with E-state index < -0.39 is 24.2 Å². The number of piperidine rings is 1. The number of rotatable bonds is 2. The van der Waals surface area contributed by atoms with Gasteiger partial charge < -0.3 is 9.64 Å². The molecule has 2 rings (SSSR count). The van der Waals surface area contributed by atoms with Crippen molar-refractivity contribution in [2.24, 2.45) is 0 Å². The molecule has 20 heavy (non-hydrogen) atoms. The van der Waals surface area contributed by atoms with E-state index in [0.29, 0.717) is 18.8 Å². The zero-order chi connectivity index (χ0) is 14.8. The van der Waals surface area contributed by atoms with Crippen LogP contribution in [0.3, 0.4) is 0 Å². The van der Waals surface area contributed by atoms with Crippen LogP contribution in [-0.4, -0.2) is 36.3 Å². The highest BCUT2D eigenvalue weighted by Crippen LogP contribution is 2.24. The molecule has 0 N–H and O–H groups in total. The van der Waals surface area contributed by atoms with E-state index >= 15 is 0 Å². The third-order valence-electron chi connectivity index (χ3n) is 3.02. The van der Waals surface area contributed by atoms with Gasteiger partial charge in [-0.2, -0.15) is 17.6 Å². The number of alkyl halides is 3. The van der Waals surface area contributed by atoms with E-state index in [1.54, 1.807) is 6.07 Å². The van der Waals surface area contributed by atoms with Gasteiger partial charge in [0.05, 0.1) is 0 Å². The summed E-state index contributed by atoms with van der Waals surface area (Å²) < 4.78 is 53.5. The first-order chi connectivity index (χ1) is 9.36. The Morgan fingerprint density at radius 1 is 1.35 bits per heavy atom. The topological polar surface area (TPSA) is 42.4 Å². The van der Waals surface area contributed by atoms with E-state index in [0.717, 1.165) is 0 Å². The summed E-state index contributed by atoms with van der Waals surface area (Å²) in [4.78, 5) is 15.9. The van der Waals surface area contributed by atoms with Gasteiger partial charge in [0.15, 0.2) is 0 Å². The molecule has 1 fully saturated rings. The van der Waals surface area contributed by atoms with E-state index in [1.807, 2.05) is 4.90 Å². The lowest BCUT2D eigenvalue weighted by Gasteiger charge is -2.33. The molecule has 8 heteroatoms. The number of carbonyl (C=O) groups is 1. The first-order valence-electron chi connectivity index (χ1n) is 6.00. The molecule has 0 bridgehead atoms. The van der Waals surface area contributed by atoms with E-state index in [2.05, 4.69) is 9.72 Å². The lowest BCUT2D eigenvalue weighted by molar-refractivity contribution is -0.205. The van der Waals surface area contributed by atoms with Crippen LogP contribution in [-0.2, 0) is 9.53 Å². The highest BCUT2D eigenvalue weighted by molar-refractivity contribution is 5.75. The van der Waals surface area contributed by atoms with Crippen LogP contribution < -0.4 is 4.90 Å². The zero-order valence-corrected chi connectivity index (χ0v) is 10.4. The fraction of sp³-hybridized carbons (Fsp3) is 0.500. The molecule has 0 aromatic carbocycles. The van der Waals surface area contributed by atoms with Gasteiger partial charge in [-0.1, -0.05) is 0 Å². The van der Waals surface area contributed by atoms with Gasteiger partial charge in [-0.25, -0.2) is 9.78 Å². The number of esters is 1. The van der Waals surface area contributed by atoms with E-state index in [-0.39, 0.29) is 12.8 Å². The molecular weight excluding hydrogens is 280 g/mol. The summed E-state index contributed by atoms with van der Waals surface area (Å²) in [7, 11) is 0. The number of nitrogens with zero attached hydrogens (tertiary/aromatic N) is 2. The van der Waals surface area contributed by atoms with Gasteiger partial charge in [-0.3, -0.25) is 0 Å². The minimum Gasteiger partial charge on any atom is -0.456 e. The molecule has 1 saturated heterocycles. The van der Waals surface area contributed by atoms with E-state index in [1.165, 1.54) is 12.3 Å². The highest BCUT2D eigenvalue weighted by atomic mass is 19.4. The minimum atomic E-state index is -4.97. The number of pyridine rings is 1. The molecule has 1 aliphatic rings. The summed E-state index contributed by atoms with van der Waals surface area (Å²) in [5.74, 6) is -2.78. The molecule has 0 aliphatic carbocycles. The van der Waals surface area contributed by atoms with Crippen molar-refractivity contribution >= 4 is 11.7 Å². The van der Waals surface area contributed by atoms with Crippen molar-refractivity contribution in [3.8, 4) is 0 Å². The molecule has 4 nitrogen and oxygen atoms in total. The Morgan fingerprint density at radius 3 is 2.55 bits per heavy atom. The maximum absolute atomic E-state index is 13.0. The van der Waals surface area contributed by atoms with Gasteiger partial charge in [0.2, 0.25) is 5.95 Å². The van der Waals surface area contributed by atoms with Crippen LogP contribution in [0.4, 0.5) is 23.2 Å². The fourth-order valence-electron chi connectivity index (χ4n) is 2.04. The van der Waals surface area contributed by atoms with Crippen LogP contribution in [0.15, 0.2) is 18.3 Å². The average Bonchev–Trinajstić information content (AvgIpc) is 2.38. The highest BCUT2D eigenvalue weighted by Gasteiger charge is 2.42. The van der Waals surface area contributed by atoms with Crippen molar-refractivity contribution in [2.45, 2.75) is 25.1 Å². The molecule has 0 atom stereocenters. The first kappa shape index (κ1) is 14.5. The summed E-state index contributed by atoms with van der Waals surface area (Å²) in [6.07, 6.45) is -3.87. The van der Waals surface area contributed by atoms with Gasteiger partial charge >= 0.3 is 12.1 Å². The number of halogens is 4. The molecule has 1 aliphatic heterocycles. The number of aromatic nitrogens is 1. The van der Waals surface area contributed by atoms with Crippen molar-refractivity contribution in [3.05, 3.63) is 24.3 Å². The number of carbonyl (C=O) groups excluding carboxylic acids is 1. The first-order valence-corrected chi connectivity index (χ1v) is 6.00. The van der Waals surface area contributed by atoms with Crippen molar-refractivity contribution < 1.29 is 27.1 Å². The zero-order valence-electron chi connectivity index (χ0n) is 10.4. The van der Waals surface area contributed by atoms with Gasteiger partial charge in [-0.15, -0.1) is 0 Å². The second-order valence-corrected chi connectivity index (χ2v) is 4.43. The Kier molecular flexibility index (Phi) is 4.10. The molecule has 110 valence electrons. The van der Waals surface area contributed by atoms with Crippen LogP contribution >= 0.6 is 0 Å². The third-order valence-corrected chi connectivity index (χ3v) is 3.02. The predicted molar refractivity (Wildman–Crippen MR) is 61.6 cm³/mol. The Morgan fingerprint density at radius 2 is 2.00 bits per heavy atom. The number of hydrogen-bond donors (Lipinski definition) is 0. The van der Waals surface area contributed by atoms with Crippen LogP contribution in [0.2, 0.25) is 0 Å². The maximum atomic E-state index is 13.0. The minimum absolute atomic E-state index is 0.270. The molecule has 0 radical (unpaired) electrons. The monoisotopic (exact) mass is 292 g/mol. The van der Waals surface area contributed by atoms with Crippen molar-refractivity contribution in [1.82, 2.24) is 4.98 Å². The summed E-state index contributed by atoms with van der Waals surface area (Å²) >= 11 is 0. The molecule has 0 unspecified atom stereocenters. The van der Waals surface area contributed by atoms with Crippen molar-refractivity contribution in [1.29, 1.82) is 0 Å². The van der Waals surface area contributed by atoms with Crippen molar-refractivity contribution in [3.63, 3.8) is 0 Å². The Balaban J connectivity index is 1.88. The summed E-state index contributed by atoms with van der Waals surface area (Å²) in [6.45, 7) is 0.776. The van der Waals surface area contributed by atoms with Crippen LogP contribution in [0.1, 0.15) is 12.8 Å². The molecule has 1 aromatic heterocycles. The van der Waals surface area contributed by atoms with Gasteiger partial charge in [0.1, 0.15) is 6.10 Å². The van der Waals surface area contributed by atoms with Gasteiger partial charge in [0.25, 0.3) is 0 Å². The van der Waals surface area contributed by atoms with Crippen molar-refractivity contribution in [2.75, 3.05) is 18.0 Å². The third kappa shape index (κ3) is 3.58. The Bertz CT molecular complexity index is 485. The number of hydrogen-bond acceptors (Lipinski definition) is 4. The van der Waals surface area contributed by atoms with Crippen LogP contribution in [0.25, 0.3) is 0 Å². The van der Waals surface area contributed by atoms with Gasteiger partial charge in [-0.05, 0) is 6.07 Å². The molecule has 0 amide bonds. The molecule has 2 heterocycles. The average molecular weight is 292 g/mol.